The lowest BCUT2D eigenvalue weighted by Crippen LogP contribution is -2.40. The van der Waals surface area contributed by atoms with Gasteiger partial charge in [0.05, 0.1) is 6.04 Å². The number of benzene rings is 1. The van der Waals surface area contributed by atoms with Crippen LogP contribution >= 0.6 is 0 Å². The lowest BCUT2D eigenvalue weighted by molar-refractivity contribution is -0.133. The molecule has 130 valence electrons. The number of aryl methyl sites for hydroxylation is 1. The molecule has 5 heteroatoms. The van der Waals surface area contributed by atoms with E-state index in [9.17, 15) is 4.79 Å². The summed E-state index contributed by atoms with van der Waals surface area (Å²) in [6.45, 7) is 1.66. The maximum Gasteiger partial charge on any atom is 0.222 e. The van der Waals surface area contributed by atoms with Crippen LogP contribution in [0.15, 0.2) is 48.9 Å². The van der Waals surface area contributed by atoms with Gasteiger partial charge < -0.3 is 9.88 Å². The van der Waals surface area contributed by atoms with Crippen molar-refractivity contribution in [2.45, 2.75) is 38.1 Å². The van der Waals surface area contributed by atoms with Crippen LogP contribution in [0.3, 0.4) is 0 Å². The van der Waals surface area contributed by atoms with E-state index >= 15 is 0 Å². The zero-order chi connectivity index (χ0) is 17.1. The predicted octanol–water partition coefficient (Wildman–Crippen LogP) is 3.55. The number of H-pyrrole nitrogens is 1. The minimum atomic E-state index is 0.275. The maximum absolute atomic E-state index is 12.6. The predicted molar refractivity (Wildman–Crippen MR) is 98.3 cm³/mol. The largest absolute Gasteiger partial charge is 0.361 e. The zero-order valence-electron chi connectivity index (χ0n) is 14.4. The number of carbonyl (C=O) groups is 1. The Morgan fingerprint density at radius 3 is 3.08 bits per heavy atom. The highest BCUT2D eigenvalue weighted by Gasteiger charge is 2.24. The fraction of sp³-hybridized carbons (Fsp3) is 0.400. The number of hydrogen-bond acceptors (Lipinski definition) is 2. The first-order valence-corrected chi connectivity index (χ1v) is 9.13. The van der Waals surface area contributed by atoms with Crippen molar-refractivity contribution in [3.63, 3.8) is 0 Å². The Kier molecular flexibility index (Phi) is 4.55. The summed E-state index contributed by atoms with van der Waals surface area (Å²) in [5.74, 6) is 0.275. The third kappa shape index (κ3) is 3.45. The molecule has 1 N–H and O–H groups in total. The van der Waals surface area contributed by atoms with Gasteiger partial charge in [-0.25, -0.2) is 0 Å². The summed E-state index contributed by atoms with van der Waals surface area (Å²) >= 11 is 0. The summed E-state index contributed by atoms with van der Waals surface area (Å²) < 4.78 is 1.99. The van der Waals surface area contributed by atoms with Crippen LogP contribution in [0.1, 0.15) is 37.3 Å². The summed E-state index contributed by atoms with van der Waals surface area (Å²) in [7, 11) is 0. The third-order valence-electron chi connectivity index (χ3n) is 5.16. The molecule has 1 atom stereocenters. The number of amides is 1. The van der Waals surface area contributed by atoms with E-state index in [4.69, 9.17) is 0 Å². The number of nitrogens with zero attached hydrogens (tertiary/aromatic N) is 3. The molecule has 1 amide bonds. The van der Waals surface area contributed by atoms with E-state index in [1.807, 2.05) is 34.1 Å². The van der Waals surface area contributed by atoms with E-state index in [1.54, 1.807) is 0 Å². The second-order valence-corrected chi connectivity index (χ2v) is 6.83. The van der Waals surface area contributed by atoms with Gasteiger partial charge in [-0.2, -0.15) is 5.10 Å². The normalized spacial score (nSPS) is 17.9. The summed E-state index contributed by atoms with van der Waals surface area (Å²) in [5, 5.41) is 5.60. The van der Waals surface area contributed by atoms with Gasteiger partial charge in [-0.3, -0.25) is 9.48 Å². The standard InChI is InChI=1S/C20H24N4O/c25-20(23-12-4-7-17(15-23)24-13-5-11-22-24)10-3-6-16-14-21-19-9-2-1-8-18(16)19/h1-2,5,8-9,11,13-14,17,21H,3-4,6-7,10,12,15H2. The molecular weight excluding hydrogens is 312 g/mol. The Labute approximate surface area is 147 Å². The highest BCUT2D eigenvalue weighted by atomic mass is 16.2. The van der Waals surface area contributed by atoms with Gasteiger partial charge in [0.1, 0.15) is 0 Å². The minimum absolute atomic E-state index is 0.275. The molecule has 3 aromatic rings. The van der Waals surface area contributed by atoms with Crippen molar-refractivity contribution in [2.75, 3.05) is 13.1 Å². The molecule has 1 aromatic carbocycles. The van der Waals surface area contributed by atoms with Gasteiger partial charge in [-0.1, -0.05) is 18.2 Å². The Bertz CT molecular complexity index is 836. The first-order valence-electron chi connectivity index (χ1n) is 9.13. The topological polar surface area (TPSA) is 53.9 Å². The van der Waals surface area contributed by atoms with Crippen LogP contribution in [-0.4, -0.2) is 38.7 Å². The van der Waals surface area contributed by atoms with Crippen LogP contribution in [0.5, 0.6) is 0 Å². The number of carbonyl (C=O) groups excluding carboxylic acids is 1. The molecule has 5 nitrogen and oxygen atoms in total. The Hall–Kier alpha value is -2.56. The Morgan fingerprint density at radius 1 is 1.28 bits per heavy atom. The minimum Gasteiger partial charge on any atom is -0.361 e. The number of nitrogens with one attached hydrogen (secondary N) is 1. The second kappa shape index (κ2) is 7.13. The van der Waals surface area contributed by atoms with Crippen LogP contribution in [-0.2, 0) is 11.2 Å². The molecule has 4 rings (SSSR count). The maximum atomic E-state index is 12.6. The molecule has 1 unspecified atom stereocenters. The highest BCUT2D eigenvalue weighted by Crippen LogP contribution is 2.23. The Morgan fingerprint density at radius 2 is 2.20 bits per heavy atom. The molecule has 1 saturated heterocycles. The molecule has 0 bridgehead atoms. The number of aromatic amines is 1. The zero-order valence-corrected chi connectivity index (χ0v) is 14.4. The van der Waals surface area contributed by atoms with E-state index in [1.165, 1.54) is 16.5 Å². The average Bonchev–Trinajstić information content (AvgIpc) is 3.32. The number of aromatic nitrogens is 3. The van der Waals surface area contributed by atoms with Crippen molar-refractivity contribution in [2.24, 2.45) is 0 Å². The van der Waals surface area contributed by atoms with Crippen molar-refractivity contribution < 1.29 is 4.79 Å². The lowest BCUT2D eigenvalue weighted by Gasteiger charge is -2.33. The van der Waals surface area contributed by atoms with Gasteiger partial charge in [0, 0.05) is 49.0 Å². The van der Waals surface area contributed by atoms with E-state index in [0.717, 1.165) is 38.8 Å². The van der Waals surface area contributed by atoms with Crippen molar-refractivity contribution >= 4 is 16.8 Å². The van der Waals surface area contributed by atoms with Crippen LogP contribution in [0, 0.1) is 0 Å². The monoisotopic (exact) mass is 336 g/mol. The highest BCUT2D eigenvalue weighted by molar-refractivity contribution is 5.83. The number of hydrogen-bond donors (Lipinski definition) is 1. The second-order valence-electron chi connectivity index (χ2n) is 6.83. The summed E-state index contributed by atoms with van der Waals surface area (Å²) in [6, 6.07) is 10.6. The molecule has 1 aliphatic heterocycles. The van der Waals surface area contributed by atoms with Crippen molar-refractivity contribution in [3.8, 4) is 0 Å². The van der Waals surface area contributed by atoms with Crippen molar-refractivity contribution in [1.29, 1.82) is 0 Å². The third-order valence-corrected chi connectivity index (χ3v) is 5.16. The van der Waals surface area contributed by atoms with Crippen LogP contribution in [0.25, 0.3) is 10.9 Å². The molecule has 0 aliphatic carbocycles. The molecular formula is C20H24N4O. The van der Waals surface area contributed by atoms with E-state index < -0.39 is 0 Å². The smallest absolute Gasteiger partial charge is 0.222 e. The molecule has 0 saturated carbocycles. The van der Waals surface area contributed by atoms with Crippen LogP contribution < -0.4 is 0 Å². The summed E-state index contributed by atoms with van der Waals surface area (Å²) in [5.41, 5.74) is 2.47. The SMILES string of the molecule is O=C(CCCc1c[nH]c2ccccc12)N1CCCC(n2cccn2)C1. The molecule has 25 heavy (non-hydrogen) atoms. The van der Waals surface area contributed by atoms with E-state index in [0.29, 0.717) is 12.5 Å². The molecule has 0 spiro atoms. The quantitative estimate of drug-likeness (QED) is 0.775. The van der Waals surface area contributed by atoms with E-state index in [-0.39, 0.29) is 5.91 Å². The van der Waals surface area contributed by atoms with Crippen LogP contribution in [0.4, 0.5) is 0 Å². The van der Waals surface area contributed by atoms with Gasteiger partial charge in [0.2, 0.25) is 5.91 Å². The molecule has 1 fully saturated rings. The summed E-state index contributed by atoms with van der Waals surface area (Å²) in [4.78, 5) is 17.9. The van der Waals surface area contributed by atoms with E-state index in [2.05, 4.69) is 34.5 Å². The number of para-hydroxylation sites is 1. The fourth-order valence-electron chi connectivity index (χ4n) is 3.82. The molecule has 1 aliphatic rings. The number of likely N-dealkylation sites (tertiary alicyclic amines) is 1. The molecule has 2 aromatic heterocycles. The first-order chi connectivity index (χ1) is 12.3. The van der Waals surface area contributed by atoms with Gasteiger partial charge >= 0.3 is 0 Å². The van der Waals surface area contributed by atoms with Gasteiger partial charge in [-0.15, -0.1) is 0 Å². The van der Waals surface area contributed by atoms with Crippen molar-refractivity contribution in [1.82, 2.24) is 19.7 Å². The number of rotatable bonds is 5. The van der Waals surface area contributed by atoms with Crippen molar-refractivity contribution in [3.05, 3.63) is 54.5 Å². The Balaban J connectivity index is 1.31. The summed E-state index contributed by atoms with van der Waals surface area (Å²) in [6.07, 6.45) is 10.5. The number of fused-ring (bicyclic) bond motifs is 1. The van der Waals surface area contributed by atoms with Gasteiger partial charge in [-0.05, 0) is 43.4 Å². The van der Waals surface area contributed by atoms with Gasteiger partial charge in [0.25, 0.3) is 0 Å². The molecule has 0 radical (unpaired) electrons. The average molecular weight is 336 g/mol. The first kappa shape index (κ1) is 15.9. The number of piperidine rings is 1. The van der Waals surface area contributed by atoms with Gasteiger partial charge in [0.15, 0.2) is 0 Å². The lowest BCUT2D eigenvalue weighted by atomic mass is 10.0. The van der Waals surface area contributed by atoms with Crippen LogP contribution in [0.2, 0.25) is 0 Å². The molecule has 3 heterocycles. The fourth-order valence-corrected chi connectivity index (χ4v) is 3.82.